The average molecular weight is 408 g/mol. The number of pyridine rings is 1. The van der Waals surface area contributed by atoms with Crippen LogP contribution in [0.3, 0.4) is 0 Å². The van der Waals surface area contributed by atoms with E-state index in [1.54, 1.807) is 10.4 Å². The molecule has 1 aromatic rings. The zero-order chi connectivity index (χ0) is 19.4. The van der Waals surface area contributed by atoms with Gasteiger partial charge in [-0.1, -0.05) is 25.7 Å². The molecular formula is C21H33N3O3S. The fourth-order valence-corrected chi connectivity index (χ4v) is 6.12. The van der Waals surface area contributed by atoms with Gasteiger partial charge in [-0.15, -0.1) is 0 Å². The molecule has 0 radical (unpaired) electrons. The van der Waals surface area contributed by atoms with Gasteiger partial charge in [0.05, 0.1) is 12.2 Å². The van der Waals surface area contributed by atoms with Gasteiger partial charge in [-0.3, -0.25) is 0 Å². The van der Waals surface area contributed by atoms with Crippen LogP contribution >= 0.6 is 0 Å². The summed E-state index contributed by atoms with van der Waals surface area (Å²) in [6.45, 7) is 3.09. The topological polar surface area (TPSA) is 62.7 Å². The summed E-state index contributed by atoms with van der Waals surface area (Å²) in [6, 6.07) is 3.58. The number of ether oxygens (including phenoxy) is 1. The van der Waals surface area contributed by atoms with Crippen molar-refractivity contribution >= 4 is 15.8 Å². The first kappa shape index (κ1) is 20.1. The molecule has 0 spiro atoms. The van der Waals surface area contributed by atoms with Gasteiger partial charge in [0, 0.05) is 32.4 Å². The molecule has 1 aromatic heterocycles. The lowest BCUT2D eigenvalue weighted by atomic mass is 9.97. The molecule has 0 aromatic carbocycles. The summed E-state index contributed by atoms with van der Waals surface area (Å²) < 4.78 is 33.4. The summed E-state index contributed by atoms with van der Waals surface area (Å²) in [6.07, 6.45) is 13.8. The Kier molecular flexibility index (Phi) is 6.53. The van der Waals surface area contributed by atoms with Gasteiger partial charge in [0.25, 0.3) is 0 Å². The lowest BCUT2D eigenvalue weighted by molar-refractivity contribution is -0.0395. The Morgan fingerprint density at radius 1 is 0.821 bits per heavy atom. The van der Waals surface area contributed by atoms with Crippen LogP contribution in [0.25, 0.3) is 0 Å². The normalized spacial score (nSPS) is 23.8. The quantitative estimate of drug-likeness (QED) is 0.747. The molecule has 3 aliphatic rings. The summed E-state index contributed by atoms with van der Waals surface area (Å²) in [4.78, 5) is 7.05. The van der Waals surface area contributed by atoms with E-state index in [0.717, 1.165) is 51.0 Å². The van der Waals surface area contributed by atoms with Crippen molar-refractivity contribution < 1.29 is 13.2 Å². The molecular weight excluding hydrogens is 374 g/mol. The first-order valence-electron chi connectivity index (χ1n) is 11.0. The molecule has 3 fully saturated rings. The molecule has 28 heavy (non-hydrogen) atoms. The third-order valence-corrected chi connectivity index (χ3v) is 8.26. The van der Waals surface area contributed by atoms with Crippen LogP contribution in [-0.4, -0.2) is 56.1 Å². The van der Waals surface area contributed by atoms with Crippen LogP contribution in [0, 0.1) is 0 Å². The summed E-state index contributed by atoms with van der Waals surface area (Å²) >= 11 is 0. The van der Waals surface area contributed by atoms with Gasteiger partial charge in [0.1, 0.15) is 10.7 Å². The van der Waals surface area contributed by atoms with Gasteiger partial charge in [0.15, 0.2) is 0 Å². The van der Waals surface area contributed by atoms with E-state index in [9.17, 15) is 8.42 Å². The minimum atomic E-state index is -3.40. The fourth-order valence-electron chi connectivity index (χ4n) is 4.66. The number of anilines is 1. The SMILES string of the molecule is O=S(=O)(c1ccc(N2CCC(OC3CCCCC3)CC2)nc1)N1CCCCC1. The second kappa shape index (κ2) is 9.09. The van der Waals surface area contributed by atoms with Gasteiger partial charge in [-0.25, -0.2) is 13.4 Å². The van der Waals surface area contributed by atoms with Crippen LogP contribution in [0.5, 0.6) is 0 Å². The molecule has 1 saturated carbocycles. The van der Waals surface area contributed by atoms with Gasteiger partial charge in [0.2, 0.25) is 10.0 Å². The first-order chi connectivity index (χ1) is 13.6. The molecule has 1 aliphatic carbocycles. The average Bonchev–Trinajstić information content (AvgIpc) is 2.76. The highest BCUT2D eigenvalue weighted by Crippen LogP contribution is 2.27. The van der Waals surface area contributed by atoms with Gasteiger partial charge < -0.3 is 9.64 Å². The number of sulfonamides is 1. The summed E-state index contributed by atoms with van der Waals surface area (Å²) in [5, 5.41) is 0. The lowest BCUT2D eigenvalue weighted by Crippen LogP contribution is -2.39. The van der Waals surface area contributed by atoms with Crippen LogP contribution in [0.4, 0.5) is 5.82 Å². The molecule has 2 aliphatic heterocycles. The van der Waals surface area contributed by atoms with Crippen LogP contribution in [0.1, 0.15) is 64.2 Å². The molecule has 4 rings (SSSR count). The van der Waals surface area contributed by atoms with Gasteiger partial charge >= 0.3 is 0 Å². The van der Waals surface area contributed by atoms with E-state index < -0.39 is 10.0 Å². The summed E-state index contributed by atoms with van der Waals surface area (Å²) in [5.41, 5.74) is 0. The zero-order valence-electron chi connectivity index (χ0n) is 16.8. The number of piperidine rings is 2. The maximum absolute atomic E-state index is 12.8. The Morgan fingerprint density at radius 2 is 1.46 bits per heavy atom. The molecule has 2 saturated heterocycles. The lowest BCUT2D eigenvalue weighted by Gasteiger charge is -2.35. The van der Waals surface area contributed by atoms with Crippen molar-refractivity contribution in [2.75, 3.05) is 31.1 Å². The molecule has 7 heteroatoms. The Hall–Kier alpha value is -1.18. The number of rotatable bonds is 5. The van der Waals surface area contributed by atoms with Crippen molar-refractivity contribution in [3.63, 3.8) is 0 Å². The first-order valence-corrected chi connectivity index (χ1v) is 12.4. The number of nitrogens with zero attached hydrogens (tertiary/aromatic N) is 3. The molecule has 0 unspecified atom stereocenters. The molecule has 0 amide bonds. The smallest absolute Gasteiger partial charge is 0.244 e. The van der Waals surface area contributed by atoms with Crippen LogP contribution in [0.15, 0.2) is 23.2 Å². The number of hydrogen-bond acceptors (Lipinski definition) is 5. The van der Waals surface area contributed by atoms with Crippen molar-refractivity contribution in [2.24, 2.45) is 0 Å². The Labute approximate surface area is 169 Å². The van der Waals surface area contributed by atoms with E-state index in [1.807, 2.05) is 6.07 Å². The van der Waals surface area contributed by atoms with Crippen LogP contribution < -0.4 is 4.90 Å². The third kappa shape index (κ3) is 4.69. The monoisotopic (exact) mass is 407 g/mol. The van der Waals surface area contributed by atoms with Crippen molar-refractivity contribution in [1.29, 1.82) is 0 Å². The highest BCUT2D eigenvalue weighted by atomic mass is 32.2. The summed E-state index contributed by atoms with van der Waals surface area (Å²) in [7, 11) is -3.40. The van der Waals surface area contributed by atoms with Gasteiger partial charge in [-0.2, -0.15) is 4.31 Å². The molecule has 0 bridgehead atoms. The Morgan fingerprint density at radius 3 is 2.11 bits per heavy atom. The Bertz CT molecular complexity index is 718. The standard InChI is InChI=1S/C21H33N3O3S/c25-28(26,24-13-5-2-6-14-24)20-9-10-21(22-17-20)23-15-11-19(12-16-23)27-18-7-3-1-4-8-18/h9-10,17-19H,1-8,11-16H2. The minimum absolute atomic E-state index is 0.314. The molecule has 3 heterocycles. The van der Waals surface area contributed by atoms with E-state index in [1.165, 1.54) is 38.3 Å². The minimum Gasteiger partial charge on any atom is -0.375 e. The third-order valence-electron chi connectivity index (χ3n) is 6.38. The van der Waals surface area contributed by atoms with E-state index in [0.29, 0.717) is 30.2 Å². The Balaban J connectivity index is 1.32. The van der Waals surface area contributed by atoms with Crippen molar-refractivity contribution in [2.45, 2.75) is 81.3 Å². The highest BCUT2D eigenvalue weighted by Gasteiger charge is 2.27. The van der Waals surface area contributed by atoms with Crippen molar-refractivity contribution in [1.82, 2.24) is 9.29 Å². The fraction of sp³-hybridized carbons (Fsp3) is 0.762. The molecule has 0 atom stereocenters. The van der Waals surface area contributed by atoms with Gasteiger partial charge in [-0.05, 0) is 50.7 Å². The van der Waals surface area contributed by atoms with Crippen LogP contribution in [0.2, 0.25) is 0 Å². The molecule has 6 nitrogen and oxygen atoms in total. The van der Waals surface area contributed by atoms with Crippen molar-refractivity contribution in [3.8, 4) is 0 Å². The van der Waals surface area contributed by atoms with E-state index >= 15 is 0 Å². The molecule has 0 N–H and O–H groups in total. The predicted octanol–water partition coefficient (Wildman–Crippen LogP) is 3.57. The second-order valence-electron chi connectivity index (χ2n) is 8.40. The predicted molar refractivity (Wildman–Crippen MR) is 110 cm³/mol. The maximum Gasteiger partial charge on any atom is 0.244 e. The zero-order valence-corrected chi connectivity index (χ0v) is 17.6. The number of aromatic nitrogens is 1. The maximum atomic E-state index is 12.8. The van der Waals surface area contributed by atoms with E-state index in [4.69, 9.17) is 4.74 Å². The van der Waals surface area contributed by atoms with Crippen molar-refractivity contribution in [3.05, 3.63) is 18.3 Å². The highest BCUT2D eigenvalue weighted by molar-refractivity contribution is 7.89. The van der Waals surface area contributed by atoms with E-state index in [-0.39, 0.29) is 0 Å². The largest absolute Gasteiger partial charge is 0.375 e. The molecule has 156 valence electrons. The summed E-state index contributed by atoms with van der Waals surface area (Å²) in [5.74, 6) is 0.869. The van der Waals surface area contributed by atoms with Crippen LogP contribution in [-0.2, 0) is 14.8 Å². The van der Waals surface area contributed by atoms with E-state index in [2.05, 4.69) is 9.88 Å². The second-order valence-corrected chi connectivity index (χ2v) is 10.3. The number of hydrogen-bond donors (Lipinski definition) is 0.